The lowest BCUT2D eigenvalue weighted by atomic mass is 10.2. The van der Waals surface area contributed by atoms with Crippen molar-refractivity contribution in [3.05, 3.63) is 29.7 Å². The van der Waals surface area contributed by atoms with Crippen LogP contribution < -0.4 is 10.6 Å². The monoisotopic (exact) mass is 279 g/mol. The summed E-state index contributed by atoms with van der Waals surface area (Å²) in [7, 11) is 1.79. The van der Waals surface area contributed by atoms with Crippen LogP contribution in [0.3, 0.4) is 0 Å². The minimum Gasteiger partial charge on any atom is -0.378 e. The lowest BCUT2D eigenvalue weighted by molar-refractivity contribution is 0.0936. The Morgan fingerprint density at radius 2 is 2.37 bits per heavy atom. The fourth-order valence-electron chi connectivity index (χ4n) is 1.84. The number of hydrogen-bond acceptors (Lipinski definition) is 5. The van der Waals surface area contributed by atoms with E-state index in [1.807, 2.05) is 26.1 Å². The van der Waals surface area contributed by atoms with E-state index in [-0.39, 0.29) is 11.9 Å². The maximum absolute atomic E-state index is 12.2. The van der Waals surface area contributed by atoms with Crippen molar-refractivity contribution in [2.75, 3.05) is 12.4 Å². The number of nitrogens with one attached hydrogen (secondary N) is 2. The topological polar surface area (TPSA) is 71.8 Å². The van der Waals surface area contributed by atoms with Crippen LogP contribution in [0.2, 0.25) is 0 Å². The van der Waals surface area contributed by atoms with Gasteiger partial charge in [-0.3, -0.25) is 9.48 Å². The third-order valence-electron chi connectivity index (χ3n) is 2.71. The summed E-state index contributed by atoms with van der Waals surface area (Å²) in [5, 5.41) is 10.9. The second kappa shape index (κ2) is 5.83. The molecule has 1 atom stereocenters. The molecule has 102 valence electrons. The van der Waals surface area contributed by atoms with E-state index in [0.29, 0.717) is 12.1 Å². The highest BCUT2D eigenvalue weighted by atomic mass is 32.1. The highest BCUT2D eigenvalue weighted by Gasteiger charge is 2.19. The van der Waals surface area contributed by atoms with Gasteiger partial charge in [-0.2, -0.15) is 9.47 Å². The molecule has 0 saturated carbocycles. The summed E-state index contributed by atoms with van der Waals surface area (Å²) < 4.78 is 5.99. The van der Waals surface area contributed by atoms with Gasteiger partial charge >= 0.3 is 0 Å². The molecule has 0 fully saturated rings. The highest BCUT2D eigenvalue weighted by Crippen LogP contribution is 2.23. The Morgan fingerprint density at radius 3 is 3.00 bits per heavy atom. The van der Waals surface area contributed by atoms with E-state index in [2.05, 4.69) is 20.1 Å². The Hall–Kier alpha value is -1.89. The van der Waals surface area contributed by atoms with Crippen LogP contribution in [-0.4, -0.2) is 33.2 Å². The smallest absolute Gasteiger partial charge is 0.256 e. The van der Waals surface area contributed by atoms with Crippen molar-refractivity contribution in [1.29, 1.82) is 0 Å². The van der Waals surface area contributed by atoms with Crippen LogP contribution in [0, 0.1) is 6.92 Å². The minimum atomic E-state index is -0.102. The fourth-order valence-corrected chi connectivity index (χ4v) is 2.58. The first-order valence-corrected chi connectivity index (χ1v) is 6.81. The number of carbonyl (C=O) groups is 1. The third kappa shape index (κ3) is 3.11. The molecule has 2 aromatic heterocycles. The molecule has 1 amide bonds. The van der Waals surface area contributed by atoms with Crippen molar-refractivity contribution in [2.24, 2.45) is 0 Å². The maximum atomic E-state index is 12.2. The molecule has 0 bridgehead atoms. The van der Waals surface area contributed by atoms with Crippen LogP contribution in [-0.2, 0) is 6.54 Å². The number of aryl methyl sites for hydroxylation is 1. The first kappa shape index (κ1) is 13.5. The molecule has 0 spiro atoms. The number of aromatic nitrogens is 3. The lowest BCUT2D eigenvalue weighted by Crippen LogP contribution is -2.36. The third-order valence-corrected chi connectivity index (χ3v) is 3.67. The second-order valence-corrected chi connectivity index (χ2v) is 5.10. The van der Waals surface area contributed by atoms with Crippen LogP contribution in [0.25, 0.3) is 0 Å². The zero-order chi connectivity index (χ0) is 13.8. The van der Waals surface area contributed by atoms with E-state index >= 15 is 0 Å². The quantitative estimate of drug-likeness (QED) is 0.870. The number of carbonyl (C=O) groups excluding carboxylic acids is 1. The minimum absolute atomic E-state index is 0.00333. The van der Waals surface area contributed by atoms with Gasteiger partial charge in [0, 0.05) is 25.5 Å². The molecule has 0 aromatic carbocycles. The molecule has 0 saturated heterocycles. The Bertz CT molecular complexity index is 548. The highest BCUT2D eigenvalue weighted by molar-refractivity contribution is 7.10. The summed E-state index contributed by atoms with van der Waals surface area (Å²) in [6.45, 7) is 4.43. The van der Waals surface area contributed by atoms with Crippen molar-refractivity contribution in [1.82, 2.24) is 19.5 Å². The SMILES string of the molecule is CNc1snc(C)c1C(=O)NC(C)Cn1cccn1. The molecule has 0 aliphatic heterocycles. The van der Waals surface area contributed by atoms with Gasteiger partial charge in [-0.15, -0.1) is 0 Å². The number of hydrogen-bond donors (Lipinski definition) is 2. The summed E-state index contributed by atoms with van der Waals surface area (Å²) >= 11 is 1.30. The zero-order valence-corrected chi connectivity index (χ0v) is 12.0. The summed E-state index contributed by atoms with van der Waals surface area (Å²) in [5.41, 5.74) is 1.37. The molecule has 0 aliphatic carbocycles. The Kier molecular flexibility index (Phi) is 4.16. The van der Waals surface area contributed by atoms with Gasteiger partial charge in [0.05, 0.1) is 17.8 Å². The number of nitrogens with zero attached hydrogens (tertiary/aromatic N) is 3. The first-order chi connectivity index (χ1) is 9.11. The van der Waals surface area contributed by atoms with E-state index < -0.39 is 0 Å². The molecule has 2 N–H and O–H groups in total. The van der Waals surface area contributed by atoms with E-state index in [4.69, 9.17) is 0 Å². The number of anilines is 1. The molecule has 7 heteroatoms. The number of amides is 1. The van der Waals surface area contributed by atoms with Crippen LogP contribution >= 0.6 is 11.5 Å². The summed E-state index contributed by atoms with van der Waals surface area (Å²) in [6.07, 6.45) is 3.60. The molecule has 0 radical (unpaired) electrons. The van der Waals surface area contributed by atoms with Gasteiger partial charge in [-0.25, -0.2) is 0 Å². The van der Waals surface area contributed by atoms with Gasteiger partial charge in [0.2, 0.25) is 0 Å². The Labute approximate surface area is 116 Å². The van der Waals surface area contributed by atoms with Gasteiger partial charge in [-0.1, -0.05) is 0 Å². The van der Waals surface area contributed by atoms with Crippen molar-refractivity contribution in [2.45, 2.75) is 26.4 Å². The Balaban J connectivity index is 2.02. The lowest BCUT2D eigenvalue weighted by Gasteiger charge is -2.14. The van der Waals surface area contributed by atoms with Crippen molar-refractivity contribution >= 4 is 22.4 Å². The van der Waals surface area contributed by atoms with E-state index in [1.54, 1.807) is 17.9 Å². The zero-order valence-electron chi connectivity index (χ0n) is 11.2. The summed E-state index contributed by atoms with van der Waals surface area (Å²) in [5.74, 6) is -0.102. The van der Waals surface area contributed by atoms with Crippen molar-refractivity contribution in [3.8, 4) is 0 Å². The number of rotatable bonds is 5. The van der Waals surface area contributed by atoms with Crippen LogP contribution in [0.4, 0.5) is 5.00 Å². The maximum Gasteiger partial charge on any atom is 0.256 e. The van der Waals surface area contributed by atoms with Gasteiger partial charge in [0.25, 0.3) is 5.91 Å². The van der Waals surface area contributed by atoms with E-state index in [1.165, 1.54) is 11.5 Å². The molecular weight excluding hydrogens is 262 g/mol. The molecule has 2 heterocycles. The molecule has 0 aliphatic rings. The molecule has 2 aromatic rings. The van der Waals surface area contributed by atoms with Crippen LogP contribution in [0.1, 0.15) is 23.0 Å². The van der Waals surface area contributed by atoms with Crippen molar-refractivity contribution in [3.63, 3.8) is 0 Å². The summed E-state index contributed by atoms with van der Waals surface area (Å²) in [6, 6.07) is 1.86. The van der Waals surface area contributed by atoms with E-state index in [9.17, 15) is 4.79 Å². The van der Waals surface area contributed by atoms with Gasteiger partial charge < -0.3 is 10.6 Å². The Morgan fingerprint density at radius 1 is 1.58 bits per heavy atom. The largest absolute Gasteiger partial charge is 0.378 e. The first-order valence-electron chi connectivity index (χ1n) is 6.04. The molecule has 19 heavy (non-hydrogen) atoms. The predicted octanol–water partition coefficient (Wildman–Crippen LogP) is 1.51. The standard InChI is InChI=1S/C12H17N5OS/c1-8(7-17-6-4-5-14-17)15-11(18)10-9(2)16-19-12(10)13-3/h4-6,8,13H,7H2,1-3H3,(H,15,18). The van der Waals surface area contributed by atoms with Crippen LogP contribution in [0.5, 0.6) is 0 Å². The fraction of sp³-hybridized carbons (Fsp3) is 0.417. The van der Waals surface area contributed by atoms with Gasteiger partial charge in [0.15, 0.2) is 0 Å². The van der Waals surface area contributed by atoms with E-state index in [0.717, 1.165) is 10.7 Å². The van der Waals surface area contributed by atoms with Crippen molar-refractivity contribution < 1.29 is 4.79 Å². The normalized spacial score (nSPS) is 12.2. The predicted molar refractivity (Wildman–Crippen MR) is 75.6 cm³/mol. The second-order valence-electron chi connectivity index (χ2n) is 4.32. The average molecular weight is 279 g/mol. The molecule has 2 rings (SSSR count). The molecule has 1 unspecified atom stereocenters. The average Bonchev–Trinajstić information content (AvgIpc) is 2.98. The van der Waals surface area contributed by atoms with Crippen LogP contribution in [0.15, 0.2) is 18.5 Å². The van der Waals surface area contributed by atoms with Gasteiger partial charge in [0.1, 0.15) is 5.00 Å². The molecular formula is C12H17N5OS. The molecule has 6 nitrogen and oxygen atoms in total. The summed E-state index contributed by atoms with van der Waals surface area (Å²) in [4.78, 5) is 12.2. The van der Waals surface area contributed by atoms with Gasteiger partial charge in [-0.05, 0) is 31.4 Å².